The van der Waals surface area contributed by atoms with Gasteiger partial charge >= 0.3 is 5.97 Å². The molecule has 11 heteroatoms. The smallest absolute Gasteiger partial charge is 0.363 e. The number of carbonyl (C=O) groups is 1. The number of nitrogens with zero attached hydrogens (tertiary/aromatic N) is 2. The summed E-state index contributed by atoms with van der Waals surface area (Å²) in [5.74, 6) is 0.0112. The number of carbonyl (C=O) groups excluding carboxylic acids is 1. The fourth-order valence-corrected chi connectivity index (χ4v) is 4.31. The molecule has 8 nitrogen and oxygen atoms in total. The molecule has 0 unspecified atom stereocenters. The number of nitro benzene ring substituents is 1. The van der Waals surface area contributed by atoms with E-state index in [4.69, 9.17) is 37.4 Å². The molecular weight excluding hydrogens is 575 g/mol. The Bertz CT molecular complexity index is 1420. The molecule has 184 valence electrons. The van der Waals surface area contributed by atoms with E-state index in [0.29, 0.717) is 23.7 Å². The minimum Gasteiger partial charge on any atom is -0.490 e. The van der Waals surface area contributed by atoms with E-state index in [0.717, 1.165) is 16.1 Å². The van der Waals surface area contributed by atoms with Crippen LogP contribution in [0.4, 0.5) is 5.69 Å². The van der Waals surface area contributed by atoms with Crippen molar-refractivity contribution >= 4 is 62.8 Å². The lowest BCUT2D eigenvalue weighted by molar-refractivity contribution is -0.384. The molecule has 0 aromatic heterocycles. The summed E-state index contributed by atoms with van der Waals surface area (Å²) < 4.78 is 17.8. The van der Waals surface area contributed by atoms with Gasteiger partial charge in [-0.2, -0.15) is 0 Å². The van der Waals surface area contributed by atoms with Gasteiger partial charge in [0.05, 0.1) is 27.1 Å². The van der Waals surface area contributed by atoms with Crippen LogP contribution in [0.25, 0.3) is 6.08 Å². The molecule has 0 bridgehead atoms. The van der Waals surface area contributed by atoms with Crippen molar-refractivity contribution in [1.29, 1.82) is 0 Å². The number of hydrogen-bond acceptors (Lipinski definition) is 7. The van der Waals surface area contributed by atoms with Crippen LogP contribution in [0, 0.1) is 10.1 Å². The molecule has 36 heavy (non-hydrogen) atoms. The standard InChI is InChI=1S/C25H17BrCl2N2O6/c1-2-34-22-11-15(9-20(28)23(22)35-13-14-4-3-5-16(26)8-14)10-21-25(31)36-24(29-21)18-7-6-17(30(32)33)12-19(18)27/h3-12H,2,13H2,1H3/b21-10-. The highest BCUT2D eigenvalue weighted by molar-refractivity contribution is 9.10. The Balaban J connectivity index is 1.62. The average molecular weight is 592 g/mol. The zero-order chi connectivity index (χ0) is 25.8. The molecule has 0 aliphatic carbocycles. The summed E-state index contributed by atoms with van der Waals surface area (Å²) in [6.07, 6.45) is 1.49. The number of halogens is 3. The van der Waals surface area contributed by atoms with Gasteiger partial charge in [0, 0.05) is 16.6 Å². The SMILES string of the molecule is CCOc1cc(/C=C2\N=C(c3ccc([N+](=O)[O-])cc3Cl)OC2=O)cc(Cl)c1OCc1cccc(Br)c1. The Morgan fingerprint density at radius 1 is 1.11 bits per heavy atom. The molecule has 0 saturated heterocycles. The molecule has 4 rings (SSSR count). The first-order valence-electron chi connectivity index (χ1n) is 10.6. The monoisotopic (exact) mass is 590 g/mol. The highest BCUT2D eigenvalue weighted by atomic mass is 79.9. The third-order valence-electron chi connectivity index (χ3n) is 4.92. The largest absolute Gasteiger partial charge is 0.490 e. The molecule has 0 amide bonds. The van der Waals surface area contributed by atoms with Crippen LogP contribution in [0.15, 0.2) is 69.8 Å². The van der Waals surface area contributed by atoms with E-state index < -0.39 is 10.9 Å². The van der Waals surface area contributed by atoms with Crippen molar-refractivity contribution in [3.8, 4) is 11.5 Å². The molecule has 0 radical (unpaired) electrons. The lowest BCUT2D eigenvalue weighted by atomic mass is 10.1. The van der Waals surface area contributed by atoms with E-state index in [2.05, 4.69) is 20.9 Å². The van der Waals surface area contributed by atoms with Crippen LogP contribution in [0.1, 0.15) is 23.6 Å². The van der Waals surface area contributed by atoms with Gasteiger partial charge in [-0.15, -0.1) is 0 Å². The van der Waals surface area contributed by atoms with Crippen LogP contribution in [0.5, 0.6) is 11.5 Å². The third kappa shape index (κ3) is 5.87. The van der Waals surface area contributed by atoms with Gasteiger partial charge in [0.15, 0.2) is 17.2 Å². The van der Waals surface area contributed by atoms with Crippen molar-refractivity contribution in [2.24, 2.45) is 4.99 Å². The third-order valence-corrected chi connectivity index (χ3v) is 6.01. The maximum atomic E-state index is 12.4. The fourth-order valence-electron chi connectivity index (χ4n) is 3.33. The summed E-state index contributed by atoms with van der Waals surface area (Å²) in [7, 11) is 0. The molecule has 3 aromatic carbocycles. The molecule has 0 atom stereocenters. The average Bonchev–Trinajstić information content (AvgIpc) is 3.18. The lowest BCUT2D eigenvalue weighted by Gasteiger charge is -2.14. The van der Waals surface area contributed by atoms with E-state index in [9.17, 15) is 14.9 Å². The van der Waals surface area contributed by atoms with Crippen molar-refractivity contribution < 1.29 is 23.9 Å². The molecule has 0 spiro atoms. The summed E-state index contributed by atoms with van der Waals surface area (Å²) in [5.41, 5.74) is 1.54. The zero-order valence-corrected chi connectivity index (χ0v) is 21.8. The number of hydrogen-bond donors (Lipinski definition) is 0. The summed E-state index contributed by atoms with van der Waals surface area (Å²) in [6, 6.07) is 14.8. The summed E-state index contributed by atoms with van der Waals surface area (Å²) in [5, 5.41) is 11.3. The van der Waals surface area contributed by atoms with Gasteiger partial charge in [0.2, 0.25) is 5.90 Å². The van der Waals surface area contributed by atoms with Crippen molar-refractivity contribution in [3.63, 3.8) is 0 Å². The van der Waals surface area contributed by atoms with Gasteiger partial charge in [0.25, 0.3) is 5.69 Å². The van der Waals surface area contributed by atoms with Gasteiger partial charge in [-0.25, -0.2) is 9.79 Å². The van der Waals surface area contributed by atoms with Crippen LogP contribution in [-0.4, -0.2) is 23.4 Å². The van der Waals surface area contributed by atoms with Crippen molar-refractivity contribution in [2.75, 3.05) is 6.61 Å². The molecule has 0 fully saturated rings. The highest BCUT2D eigenvalue weighted by Gasteiger charge is 2.27. The number of nitro groups is 1. The number of non-ortho nitro benzene ring substituents is 1. The topological polar surface area (TPSA) is 100 Å². The number of rotatable bonds is 8. The van der Waals surface area contributed by atoms with E-state index in [1.807, 2.05) is 31.2 Å². The second-order valence-corrected chi connectivity index (χ2v) is 9.17. The van der Waals surface area contributed by atoms with E-state index in [-0.39, 0.29) is 39.5 Å². The molecule has 0 saturated carbocycles. The van der Waals surface area contributed by atoms with Crippen LogP contribution in [0.3, 0.4) is 0 Å². The molecule has 3 aromatic rings. The summed E-state index contributed by atoms with van der Waals surface area (Å²) >= 11 is 16.1. The minimum atomic E-state index is -0.705. The summed E-state index contributed by atoms with van der Waals surface area (Å²) in [6.45, 7) is 2.47. The Hall–Kier alpha value is -3.40. The zero-order valence-electron chi connectivity index (χ0n) is 18.7. The molecule has 1 heterocycles. The Morgan fingerprint density at radius 2 is 1.92 bits per heavy atom. The van der Waals surface area contributed by atoms with Crippen molar-refractivity contribution in [2.45, 2.75) is 13.5 Å². The number of aliphatic imine (C=N–C) groups is 1. The quantitative estimate of drug-likeness (QED) is 0.121. The van der Waals surface area contributed by atoms with E-state index >= 15 is 0 Å². The van der Waals surface area contributed by atoms with E-state index in [1.54, 1.807) is 12.1 Å². The molecule has 0 N–H and O–H groups in total. The number of benzene rings is 3. The summed E-state index contributed by atoms with van der Waals surface area (Å²) in [4.78, 5) is 27.0. The van der Waals surface area contributed by atoms with Crippen LogP contribution >= 0.6 is 39.1 Å². The second kappa shape index (κ2) is 11.1. The van der Waals surface area contributed by atoms with Gasteiger partial charge in [-0.3, -0.25) is 10.1 Å². The van der Waals surface area contributed by atoms with Crippen LogP contribution < -0.4 is 9.47 Å². The maximum absolute atomic E-state index is 12.4. The Morgan fingerprint density at radius 3 is 2.61 bits per heavy atom. The van der Waals surface area contributed by atoms with Gasteiger partial charge in [0.1, 0.15) is 6.61 Å². The van der Waals surface area contributed by atoms with Crippen LogP contribution in [-0.2, 0) is 16.1 Å². The highest BCUT2D eigenvalue weighted by Crippen LogP contribution is 2.38. The number of ether oxygens (including phenoxy) is 3. The predicted octanol–water partition coefficient (Wildman–Crippen LogP) is 6.99. The Labute approximate surface area is 224 Å². The first-order chi connectivity index (χ1) is 17.2. The fraction of sp³-hybridized carbons (Fsp3) is 0.120. The van der Waals surface area contributed by atoms with Gasteiger partial charge < -0.3 is 14.2 Å². The Kier molecular flexibility index (Phi) is 7.93. The first kappa shape index (κ1) is 25.7. The number of esters is 1. The molecule has 1 aliphatic rings. The van der Waals surface area contributed by atoms with Crippen molar-refractivity contribution in [3.05, 3.63) is 102 Å². The van der Waals surface area contributed by atoms with Crippen LogP contribution in [0.2, 0.25) is 10.0 Å². The lowest BCUT2D eigenvalue weighted by Crippen LogP contribution is -2.06. The minimum absolute atomic E-state index is 0.000684. The first-order valence-corrected chi connectivity index (χ1v) is 12.1. The maximum Gasteiger partial charge on any atom is 0.363 e. The number of cyclic esters (lactones) is 1. The predicted molar refractivity (Wildman–Crippen MR) is 140 cm³/mol. The van der Waals surface area contributed by atoms with Gasteiger partial charge in [-0.05, 0) is 54.5 Å². The molecular formula is C25H17BrCl2N2O6. The van der Waals surface area contributed by atoms with E-state index in [1.165, 1.54) is 18.2 Å². The second-order valence-electron chi connectivity index (χ2n) is 7.44. The normalized spacial score (nSPS) is 13.9. The molecule has 1 aliphatic heterocycles. The van der Waals surface area contributed by atoms with Gasteiger partial charge in [-0.1, -0.05) is 51.3 Å². The van der Waals surface area contributed by atoms with Crippen molar-refractivity contribution in [1.82, 2.24) is 0 Å².